The number of rotatable bonds is 8. The Bertz CT molecular complexity index is 967. The minimum absolute atomic E-state index is 0.128. The highest BCUT2D eigenvalue weighted by molar-refractivity contribution is 7.92. The van der Waals surface area contributed by atoms with Crippen molar-refractivity contribution >= 4 is 21.7 Å². The number of hydrogen-bond donors (Lipinski definition) is 1. The van der Waals surface area contributed by atoms with Crippen LogP contribution >= 0.6 is 0 Å². The van der Waals surface area contributed by atoms with Gasteiger partial charge in [0.25, 0.3) is 10.0 Å². The molecule has 29 heavy (non-hydrogen) atoms. The fourth-order valence-electron chi connectivity index (χ4n) is 3.39. The second-order valence-corrected chi connectivity index (χ2v) is 8.80. The first-order valence-corrected chi connectivity index (χ1v) is 11.4. The number of unbranched alkanes of at least 4 members (excludes halogenated alkanes) is 1. The van der Waals surface area contributed by atoms with Crippen LogP contribution < -0.4 is 9.46 Å². The van der Waals surface area contributed by atoms with Gasteiger partial charge in [-0.05, 0) is 79.6 Å². The van der Waals surface area contributed by atoms with Crippen LogP contribution in [0.25, 0.3) is 0 Å². The lowest BCUT2D eigenvalue weighted by Crippen LogP contribution is -2.16. The maximum atomic E-state index is 13.0. The van der Waals surface area contributed by atoms with Crippen molar-refractivity contribution < 1.29 is 22.7 Å². The molecule has 0 unspecified atom stereocenters. The third-order valence-corrected chi connectivity index (χ3v) is 6.42. The van der Waals surface area contributed by atoms with E-state index in [1.165, 1.54) is 7.11 Å². The molecule has 7 heteroatoms. The monoisotopic (exact) mass is 417 g/mol. The van der Waals surface area contributed by atoms with Crippen LogP contribution in [0.4, 0.5) is 5.69 Å². The number of nitrogens with one attached hydrogen (secondary N) is 1. The molecule has 0 bridgehead atoms. The van der Waals surface area contributed by atoms with Crippen molar-refractivity contribution in [3.8, 4) is 5.75 Å². The van der Waals surface area contributed by atoms with Gasteiger partial charge >= 0.3 is 5.97 Å². The van der Waals surface area contributed by atoms with Crippen LogP contribution in [0.1, 0.15) is 54.1 Å². The van der Waals surface area contributed by atoms with E-state index in [2.05, 4.69) is 4.72 Å². The molecular formula is C22H27NO5S. The van der Waals surface area contributed by atoms with Crippen LogP contribution in [0.15, 0.2) is 41.3 Å². The van der Waals surface area contributed by atoms with Gasteiger partial charge < -0.3 is 9.47 Å². The normalized spacial score (nSPS) is 13.4. The van der Waals surface area contributed by atoms with Crippen LogP contribution in [-0.4, -0.2) is 28.1 Å². The summed E-state index contributed by atoms with van der Waals surface area (Å²) in [5.74, 6) is -0.0708. The summed E-state index contributed by atoms with van der Waals surface area (Å²) in [6.07, 6.45) is 5.73. The molecule has 0 heterocycles. The van der Waals surface area contributed by atoms with E-state index in [0.717, 1.165) is 49.7 Å². The SMILES string of the molecule is CCCCOC(=O)c1ccc(NS(=O)(=O)c2cc3c(cc2OC)CCCC3)cc1. The molecule has 0 saturated heterocycles. The Kier molecular flexibility index (Phi) is 6.79. The topological polar surface area (TPSA) is 81.7 Å². The van der Waals surface area contributed by atoms with Crippen molar-refractivity contribution in [3.63, 3.8) is 0 Å². The maximum Gasteiger partial charge on any atom is 0.338 e. The van der Waals surface area contributed by atoms with Crippen LogP contribution in [0.2, 0.25) is 0 Å². The van der Waals surface area contributed by atoms with Crippen molar-refractivity contribution in [1.82, 2.24) is 0 Å². The first-order valence-electron chi connectivity index (χ1n) is 9.94. The minimum atomic E-state index is -3.83. The lowest BCUT2D eigenvalue weighted by Gasteiger charge is -2.19. The van der Waals surface area contributed by atoms with E-state index in [1.54, 1.807) is 30.3 Å². The average molecular weight is 418 g/mol. The second kappa shape index (κ2) is 9.31. The number of benzene rings is 2. The summed E-state index contributed by atoms with van der Waals surface area (Å²) in [4.78, 5) is 12.1. The van der Waals surface area contributed by atoms with Gasteiger partial charge in [0, 0.05) is 5.69 Å². The highest BCUT2D eigenvalue weighted by atomic mass is 32.2. The Hall–Kier alpha value is -2.54. The van der Waals surface area contributed by atoms with E-state index in [4.69, 9.17) is 9.47 Å². The molecule has 0 amide bonds. The van der Waals surface area contributed by atoms with E-state index in [1.807, 2.05) is 13.0 Å². The zero-order valence-corrected chi connectivity index (χ0v) is 17.7. The number of hydrogen-bond acceptors (Lipinski definition) is 5. The number of aryl methyl sites for hydroxylation is 2. The largest absolute Gasteiger partial charge is 0.495 e. The van der Waals surface area contributed by atoms with E-state index < -0.39 is 16.0 Å². The molecule has 0 atom stereocenters. The van der Waals surface area contributed by atoms with Crippen molar-refractivity contribution in [2.75, 3.05) is 18.4 Å². The van der Waals surface area contributed by atoms with Crippen LogP contribution in [0, 0.1) is 0 Å². The summed E-state index contributed by atoms with van der Waals surface area (Å²) in [6.45, 7) is 2.40. The van der Waals surface area contributed by atoms with Gasteiger partial charge in [-0.15, -0.1) is 0 Å². The van der Waals surface area contributed by atoms with Gasteiger partial charge in [0.1, 0.15) is 10.6 Å². The van der Waals surface area contributed by atoms with Gasteiger partial charge in [-0.2, -0.15) is 0 Å². The Morgan fingerprint density at radius 1 is 1.07 bits per heavy atom. The molecule has 0 spiro atoms. The van der Waals surface area contributed by atoms with Crippen LogP contribution in [0.5, 0.6) is 5.75 Å². The second-order valence-electron chi connectivity index (χ2n) is 7.15. The maximum absolute atomic E-state index is 13.0. The third-order valence-electron chi connectivity index (χ3n) is 5.02. The van der Waals surface area contributed by atoms with Crippen molar-refractivity contribution in [3.05, 3.63) is 53.1 Å². The Balaban J connectivity index is 1.78. The summed E-state index contributed by atoms with van der Waals surface area (Å²) < 4.78 is 39.0. The van der Waals surface area contributed by atoms with E-state index in [9.17, 15) is 13.2 Å². The number of carbonyl (C=O) groups is 1. The predicted molar refractivity (Wildman–Crippen MR) is 112 cm³/mol. The molecule has 1 N–H and O–H groups in total. The predicted octanol–water partition coefficient (Wildman–Crippen LogP) is 4.33. The molecule has 0 aliphatic heterocycles. The standard InChI is InChI=1S/C22H27NO5S/c1-3-4-13-28-22(24)16-9-11-19(12-10-16)23-29(25,26)21-15-18-8-6-5-7-17(18)14-20(21)27-2/h9-12,14-15,23H,3-8,13H2,1-2H3. The average Bonchev–Trinajstić information content (AvgIpc) is 2.73. The third kappa shape index (κ3) is 5.09. The Morgan fingerprint density at radius 2 is 1.72 bits per heavy atom. The highest BCUT2D eigenvalue weighted by Gasteiger charge is 2.23. The van der Waals surface area contributed by atoms with E-state index in [-0.39, 0.29) is 4.90 Å². The van der Waals surface area contributed by atoms with Crippen LogP contribution in [-0.2, 0) is 27.6 Å². The first kappa shape index (κ1) is 21.2. The molecule has 2 aromatic carbocycles. The van der Waals surface area contributed by atoms with Gasteiger partial charge in [-0.3, -0.25) is 4.72 Å². The number of anilines is 1. The van der Waals surface area contributed by atoms with Crippen molar-refractivity contribution in [2.24, 2.45) is 0 Å². The van der Waals surface area contributed by atoms with Gasteiger partial charge in [-0.1, -0.05) is 13.3 Å². The molecule has 6 nitrogen and oxygen atoms in total. The number of methoxy groups -OCH3 is 1. The summed E-state index contributed by atoms with van der Waals surface area (Å²) in [7, 11) is -2.36. The van der Waals surface area contributed by atoms with E-state index in [0.29, 0.717) is 23.6 Å². The van der Waals surface area contributed by atoms with Gasteiger partial charge in [-0.25, -0.2) is 13.2 Å². The van der Waals surface area contributed by atoms with Crippen molar-refractivity contribution in [1.29, 1.82) is 0 Å². The summed E-state index contributed by atoms with van der Waals surface area (Å²) in [5.41, 5.74) is 2.96. The fraction of sp³-hybridized carbons (Fsp3) is 0.409. The van der Waals surface area contributed by atoms with Gasteiger partial charge in [0.05, 0.1) is 19.3 Å². The summed E-state index contributed by atoms with van der Waals surface area (Å²) in [6, 6.07) is 9.76. The molecule has 2 aromatic rings. The Labute approximate surface area is 172 Å². The number of esters is 1. The van der Waals surface area contributed by atoms with E-state index >= 15 is 0 Å². The number of carbonyl (C=O) groups excluding carboxylic acids is 1. The smallest absolute Gasteiger partial charge is 0.338 e. The molecule has 0 aromatic heterocycles. The summed E-state index contributed by atoms with van der Waals surface area (Å²) >= 11 is 0. The molecule has 3 rings (SSSR count). The molecule has 0 radical (unpaired) electrons. The van der Waals surface area contributed by atoms with Gasteiger partial charge in [0.2, 0.25) is 0 Å². The quantitative estimate of drug-likeness (QED) is 0.511. The lowest BCUT2D eigenvalue weighted by atomic mass is 9.92. The van der Waals surface area contributed by atoms with Crippen LogP contribution in [0.3, 0.4) is 0 Å². The lowest BCUT2D eigenvalue weighted by molar-refractivity contribution is 0.0500. The molecule has 0 saturated carbocycles. The minimum Gasteiger partial charge on any atom is -0.495 e. The van der Waals surface area contributed by atoms with Crippen molar-refractivity contribution in [2.45, 2.75) is 50.3 Å². The first-order chi connectivity index (χ1) is 13.9. The molecule has 156 valence electrons. The molecule has 1 aliphatic carbocycles. The number of ether oxygens (including phenoxy) is 2. The molecular weight excluding hydrogens is 390 g/mol. The number of sulfonamides is 1. The number of fused-ring (bicyclic) bond motifs is 1. The summed E-state index contributed by atoms with van der Waals surface area (Å²) in [5, 5.41) is 0. The molecule has 0 fully saturated rings. The zero-order valence-electron chi connectivity index (χ0n) is 16.9. The highest BCUT2D eigenvalue weighted by Crippen LogP contribution is 2.33. The zero-order chi connectivity index (χ0) is 20.9. The fourth-order valence-corrected chi connectivity index (χ4v) is 4.65. The Morgan fingerprint density at radius 3 is 2.34 bits per heavy atom. The van der Waals surface area contributed by atoms with Gasteiger partial charge in [0.15, 0.2) is 0 Å². The molecule has 1 aliphatic rings.